The van der Waals surface area contributed by atoms with Crippen LogP contribution in [0.5, 0.6) is 5.75 Å². The lowest BCUT2D eigenvalue weighted by Gasteiger charge is -2.12. The van der Waals surface area contributed by atoms with E-state index in [0.717, 1.165) is 18.2 Å². The highest BCUT2D eigenvalue weighted by atomic mass is 19.4. The first-order chi connectivity index (χ1) is 9.82. The van der Waals surface area contributed by atoms with Gasteiger partial charge >= 0.3 is 6.18 Å². The van der Waals surface area contributed by atoms with Crippen LogP contribution in [0.1, 0.15) is 21.5 Å². The van der Waals surface area contributed by atoms with Crippen molar-refractivity contribution in [2.24, 2.45) is 0 Å². The molecule has 0 saturated carbocycles. The van der Waals surface area contributed by atoms with Crippen molar-refractivity contribution in [3.05, 3.63) is 59.2 Å². The van der Waals surface area contributed by atoms with Gasteiger partial charge in [0.1, 0.15) is 5.75 Å². The highest BCUT2D eigenvalue weighted by Gasteiger charge is 2.31. The molecule has 2 aromatic rings. The Morgan fingerprint density at radius 3 is 2.43 bits per heavy atom. The minimum Gasteiger partial charge on any atom is -0.496 e. The van der Waals surface area contributed by atoms with E-state index in [-0.39, 0.29) is 16.9 Å². The number of nitrogens with two attached hydrogens (primary N) is 1. The molecule has 2 N–H and O–H groups in total. The molecule has 2 aromatic carbocycles. The summed E-state index contributed by atoms with van der Waals surface area (Å²) < 4.78 is 42.9. The normalized spacial score (nSPS) is 11.2. The largest absolute Gasteiger partial charge is 0.496 e. The number of halogens is 3. The molecule has 0 aliphatic rings. The molecule has 0 aromatic heterocycles. The second kappa shape index (κ2) is 5.47. The lowest BCUT2D eigenvalue weighted by Crippen LogP contribution is -2.09. The number of methoxy groups -OCH3 is 1. The molecule has 0 aliphatic heterocycles. The van der Waals surface area contributed by atoms with Crippen molar-refractivity contribution in [2.45, 2.75) is 6.18 Å². The predicted octanol–water partition coefficient (Wildman–Crippen LogP) is 3.53. The molecule has 110 valence electrons. The number of ketones is 1. The van der Waals surface area contributed by atoms with Gasteiger partial charge in [-0.1, -0.05) is 12.1 Å². The van der Waals surface area contributed by atoms with Gasteiger partial charge in [-0.3, -0.25) is 4.79 Å². The number of alkyl halides is 3. The topological polar surface area (TPSA) is 52.3 Å². The molecule has 6 heteroatoms. The summed E-state index contributed by atoms with van der Waals surface area (Å²) in [5.74, 6) is -0.579. The van der Waals surface area contributed by atoms with Gasteiger partial charge < -0.3 is 10.5 Å². The summed E-state index contributed by atoms with van der Waals surface area (Å²) in [4.78, 5) is 12.3. The van der Waals surface area contributed by atoms with Crippen molar-refractivity contribution in [2.75, 3.05) is 12.8 Å². The maximum absolute atomic E-state index is 12.7. The number of hydrogen-bond acceptors (Lipinski definition) is 3. The molecule has 0 saturated heterocycles. The molecule has 0 bridgehead atoms. The Balaban J connectivity index is 2.47. The minimum absolute atomic E-state index is 0.0519. The van der Waals surface area contributed by atoms with Crippen LogP contribution >= 0.6 is 0 Å². The Hall–Kier alpha value is -2.50. The molecular weight excluding hydrogens is 283 g/mol. The number of benzene rings is 2. The van der Waals surface area contributed by atoms with E-state index in [0.29, 0.717) is 5.69 Å². The van der Waals surface area contributed by atoms with Gasteiger partial charge in [-0.05, 0) is 30.3 Å². The summed E-state index contributed by atoms with van der Waals surface area (Å²) in [6.07, 6.45) is -4.49. The average molecular weight is 295 g/mol. The zero-order valence-electron chi connectivity index (χ0n) is 11.1. The van der Waals surface area contributed by atoms with Crippen LogP contribution in [0, 0.1) is 0 Å². The summed E-state index contributed by atoms with van der Waals surface area (Å²) in [5.41, 5.74) is 5.45. The average Bonchev–Trinajstić information content (AvgIpc) is 2.45. The third kappa shape index (κ3) is 3.16. The van der Waals surface area contributed by atoms with Crippen molar-refractivity contribution in [3.63, 3.8) is 0 Å². The molecule has 0 spiro atoms. The Bertz CT molecular complexity index is 681. The minimum atomic E-state index is -4.49. The number of carbonyl (C=O) groups is 1. The quantitative estimate of drug-likeness (QED) is 0.696. The fourth-order valence-electron chi connectivity index (χ4n) is 1.89. The van der Waals surface area contributed by atoms with Gasteiger partial charge in [0.15, 0.2) is 5.78 Å². The first-order valence-corrected chi connectivity index (χ1v) is 5.98. The summed E-state index contributed by atoms with van der Waals surface area (Å²) in [5, 5.41) is 0. The van der Waals surface area contributed by atoms with E-state index < -0.39 is 17.5 Å². The highest BCUT2D eigenvalue weighted by molar-refractivity contribution is 6.11. The highest BCUT2D eigenvalue weighted by Crippen LogP contribution is 2.33. The van der Waals surface area contributed by atoms with Crippen molar-refractivity contribution >= 4 is 11.5 Å². The molecule has 0 amide bonds. The van der Waals surface area contributed by atoms with Gasteiger partial charge in [0.05, 0.1) is 18.2 Å². The van der Waals surface area contributed by atoms with Gasteiger partial charge in [0.2, 0.25) is 0 Å². The maximum Gasteiger partial charge on any atom is 0.416 e. The van der Waals surface area contributed by atoms with Crippen LogP contribution in [0.3, 0.4) is 0 Å². The van der Waals surface area contributed by atoms with Crippen LogP contribution < -0.4 is 10.5 Å². The van der Waals surface area contributed by atoms with Gasteiger partial charge in [-0.2, -0.15) is 13.2 Å². The number of ether oxygens (including phenoxy) is 1. The Morgan fingerprint density at radius 2 is 1.86 bits per heavy atom. The first kappa shape index (κ1) is 14.9. The number of anilines is 1. The van der Waals surface area contributed by atoms with E-state index >= 15 is 0 Å². The molecule has 0 aliphatic carbocycles. The van der Waals surface area contributed by atoms with Crippen molar-refractivity contribution in [3.8, 4) is 5.75 Å². The fraction of sp³-hybridized carbons (Fsp3) is 0.133. The third-order valence-corrected chi connectivity index (χ3v) is 2.92. The summed E-state index contributed by atoms with van der Waals surface area (Å²) in [6.45, 7) is 0. The van der Waals surface area contributed by atoms with Crippen LogP contribution in [0.25, 0.3) is 0 Å². The van der Waals surface area contributed by atoms with Crippen LogP contribution in [0.2, 0.25) is 0 Å². The van der Waals surface area contributed by atoms with Gasteiger partial charge in [-0.15, -0.1) is 0 Å². The van der Waals surface area contributed by atoms with E-state index in [1.54, 1.807) is 12.1 Å². The van der Waals surface area contributed by atoms with Crippen LogP contribution in [0.15, 0.2) is 42.5 Å². The maximum atomic E-state index is 12.7. The Morgan fingerprint density at radius 1 is 1.14 bits per heavy atom. The molecule has 2 rings (SSSR count). The van der Waals surface area contributed by atoms with E-state index in [9.17, 15) is 18.0 Å². The van der Waals surface area contributed by atoms with Crippen LogP contribution in [0.4, 0.5) is 18.9 Å². The first-order valence-electron chi connectivity index (χ1n) is 5.98. The second-order valence-corrected chi connectivity index (χ2v) is 4.37. The lowest BCUT2D eigenvalue weighted by molar-refractivity contribution is -0.137. The standard InChI is InChI=1S/C15H12F3NO2/c1-21-13-8-10(15(16,17)18)5-6-12(13)14(20)9-3-2-4-11(19)7-9/h2-8H,19H2,1H3. The summed E-state index contributed by atoms with van der Waals surface area (Å²) in [7, 11) is 1.21. The van der Waals surface area contributed by atoms with Crippen molar-refractivity contribution in [1.82, 2.24) is 0 Å². The summed E-state index contributed by atoms with van der Waals surface area (Å²) in [6, 6.07) is 8.96. The molecule has 0 fully saturated rings. The molecule has 3 nitrogen and oxygen atoms in total. The van der Waals surface area contributed by atoms with Gasteiger partial charge in [-0.25, -0.2) is 0 Å². The number of hydrogen-bond donors (Lipinski definition) is 1. The predicted molar refractivity (Wildman–Crippen MR) is 72.3 cm³/mol. The summed E-state index contributed by atoms with van der Waals surface area (Å²) >= 11 is 0. The molecule has 21 heavy (non-hydrogen) atoms. The Kier molecular flexibility index (Phi) is 3.88. The van der Waals surface area contributed by atoms with E-state index in [2.05, 4.69) is 0 Å². The van der Waals surface area contributed by atoms with E-state index in [4.69, 9.17) is 10.5 Å². The lowest BCUT2D eigenvalue weighted by atomic mass is 10.0. The third-order valence-electron chi connectivity index (χ3n) is 2.92. The van der Waals surface area contributed by atoms with E-state index in [1.807, 2.05) is 0 Å². The van der Waals surface area contributed by atoms with Gasteiger partial charge in [0.25, 0.3) is 0 Å². The zero-order chi connectivity index (χ0) is 15.6. The number of rotatable bonds is 3. The molecule has 0 unspecified atom stereocenters. The second-order valence-electron chi connectivity index (χ2n) is 4.37. The monoisotopic (exact) mass is 295 g/mol. The molecule has 0 heterocycles. The van der Waals surface area contributed by atoms with E-state index in [1.165, 1.54) is 19.2 Å². The zero-order valence-corrected chi connectivity index (χ0v) is 11.1. The van der Waals surface area contributed by atoms with Crippen LogP contribution in [-0.2, 0) is 6.18 Å². The number of carbonyl (C=O) groups excluding carboxylic acids is 1. The molecular formula is C15H12F3NO2. The van der Waals surface area contributed by atoms with Crippen LogP contribution in [-0.4, -0.2) is 12.9 Å². The number of nitrogen functional groups attached to an aromatic ring is 1. The van der Waals surface area contributed by atoms with Crippen molar-refractivity contribution in [1.29, 1.82) is 0 Å². The smallest absolute Gasteiger partial charge is 0.416 e. The SMILES string of the molecule is COc1cc(C(F)(F)F)ccc1C(=O)c1cccc(N)c1. The van der Waals surface area contributed by atoms with Crippen molar-refractivity contribution < 1.29 is 22.7 Å². The molecule has 0 atom stereocenters. The molecule has 0 radical (unpaired) electrons. The van der Waals surface area contributed by atoms with Gasteiger partial charge in [0, 0.05) is 11.3 Å². The fourth-order valence-corrected chi connectivity index (χ4v) is 1.89. The Labute approximate surface area is 119 Å².